The number of nitrogens with one attached hydrogen (secondary N) is 1. The first-order valence-corrected chi connectivity index (χ1v) is 8.69. The van der Waals surface area contributed by atoms with Gasteiger partial charge in [-0.2, -0.15) is 0 Å². The van der Waals surface area contributed by atoms with E-state index in [0.29, 0.717) is 5.02 Å². The summed E-state index contributed by atoms with van der Waals surface area (Å²) in [4.78, 5) is 3.81. The molecule has 1 atom stereocenters. The van der Waals surface area contributed by atoms with Crippen molar-refractivity contribution in [2.45, 2.75) is 6.10 Å². The van der Waals surface area contributed by atoms with Gasteiger partial charge in [0, 0.05) is 10.7 Å². The Kier molecular flexibility index (Phi) is 5.61. The summed E-state index contributed by atoms with van der Waals surface area (Å²) in [5.41, 5.74) is 2.12. The third kappa shape index (κ3) is 4.20. The molecule has 5 heteroatoms. The normalized spacial score (nSPS) is 16.9. The molecule has 1 aliphatic heterocycles. The SMILES string of the molecule is COc1ccc(N2CC[NH+](C[C@H](O)c3cccc(Cl)c3)CC2)cc1. The van der Waals surface area contributed by atoms with E-state index in [0.717, 1.165) is 44.0 Å². The van der Waals surface area contributed by atoms with Crippen LogP contribution in [0.3, 0.4) is 0 Å². The van der Waals surface area contributed by atoms with Crippen molar-refractivity contribution in [3.63, 3.8) is 0 Å². The molecule has 0 bridgehead atoms. The molecule has 0 amide bonds. The van der Waals surface area contributed by atoms with Gasteiger partial charge >= 0.3 is 0 Å². The second kappa shape index (κ2) is 7.88. The zero-order valence-corrected chi connectivity index (χ0v) is 14.7. The number of nitrogens with zero attached hydrogens (tertiary/aromatic N) is 1. The van der Waals surface area contributed by atoms with E-state index in [2.05, 4.69) is 17.0 Å². The molecule has 0 saturated carbocycles. The number of ether oxygens (including phenoxy) is 1. The van der Waals surface area contributed by atoms with Crippen molar-refractivity contribution in [2.24, 2.45) is 0 Å². The van der Waals surface area contributed by atoms with Gasteiger partial charge in [-0.15, -0.1) is 0 Å². The Bertz CT molecular complexity index is 655. The van der Waals surface area contributed by atoms with Crippen LogP contribution in [-0.4, -0.2) is 44.9 Å². The van der Waals surface area contributed by atoms with Gasteiger partial charge in [-0.05, 0) is 42.0 Å². The van der Waals surface area contributed by atoms with E-state index >= 15 is 0 Å². The summed E-state index contributed by atoms with van der Waals surface area (Å²) < 4.78 is 5.21. The number of methoxy groups -OCH3 is 1. The Morgan fingerprint density at radius 2 is 1.88 bits per heavy atom. The highest BCUT2D eigenvalue weighted by molar-refractivity contribution is 6.30. The molecule has 2 aromatic carbocycles. The van der Waals surface area contributed by atoms with Gasteiger partial charge in [-0.1, -0.05) is 23.7 Å². The number of hydrogen-bond donors (Lipinski definition) is 2. The minimum absolute atomic E-state index is 0.466. The average molecular weight is 348 g/mol. The first-order chi connectivity index (χ1) is 11.7. The lowest BCUT2D eigenvalue weighted by Crippen LogP contribution is -3.15. The molecular formula is C19H24ClN2O2+. The third-order valence-electron chi connectivity index (χ3n) is 4.62. The molecule has 0 unspecified atom stereocenters. The lowest BCUT2D eigenvalue weighted by molar-refractivity contribution is -0.904. The van der Waals surface area contributed by atoms with Gasteiger partial charge in [-0.3, -0.25) is 0 Å². The topological polar surface area (TPSA) is 37.1 Å². The number of aliphatic hydroxyl groups is 1. The first kappa shape index (κ1) is 17.1. The van der Waals surface area contributed by atoms with E-state index in [9.17, 15) is 5.11 Å². The molecule has 0 spiro atoms. The smallest absolute Gasteiger partial charge is 0.128 e. The highest BCUT2D eigenvalue weighted by Gasteiger charge is 2.23. The lowest BCUT2D eigenvalue weighted by Gasteiger charge is -2.34. The molecule has 2 N–H and O–H groups in total. The van der Waals surface area contributed by atoms with Crippen LogP contribution in [0.1, 0.15) is 11.7 Å². The van der Waals surface area contributed by atoms with E-state index in [4.69, 9.17) is 16.3 Å². The van der Waals surface area contributed by atoms with Crippen molar-refractivity contribution in [3.8, 4) is 5.75 Å². The summed E-state index contributed by atoms with van der Waals surface area (Å²) in [6.45, 7) is 4.73. The molecule has 1 heterocycles. The fourth-order valence-electron chi connectivity index (χ4n) is 3.18. The highest BCUT2D eigenvalue weighted by atomic mass is 35.5. The van der Waals surface area contributed by atoms with Gasteiger partial charge < -0.3 is 19.6 Å². The van der Waals surface area contributed by atoms with Crippen LogP contribution in [0, 0.1) is 0 Å². The number of hydrogen-bond acceptors (Lipinski definition) is 3. The van der Waals surface area contributed by atoms with Crippen LogP contribution in [0.25, 0.3) is 0 Å². The number of aliphatic hydroxyl groups excluding tert-OH is 1. The number of piperazine rings is 1. The Morgan fingerprint density at radius 3 is 2.50 bits per heavy atom. The Labute approximate surface area is 148 Å². The molecule has 1 saturated heterocycles. The Hall–Kier alpha value is -1.75. The van der Waals surface area contributed by atoms with Crippen molar-refractivity contribution in [1.82, 2.24) is 0 Å². The number of halogens is 1. The third-order valence-corrected chi connectivity index (χ3v) is 4.86. The van der Waals surface area contributed by atoms with Crippen LogP contribution < -0.4 is 14.5 Å². The van der Waals surface area contributed by atoms with Crippen LogP contribution >= 0.6 is 11.6 Å². The Morgan fingerprint density at radius 1 is 1.17 bits per heavy atom. The summed E-state index contributed by atoms with van der Waals surface area (Å²) in [6.07, 6.45) is -0.466. The van der Waals surface area contributed by atoms with Crippen LogP contribution in [0.15, 0.2) is 48.5 Å². The van der Waals surface area contributed by atoms with Crippen LogP contribution in [-0.2, 0) is 0 Å². The molecule has 2 aromatic rings. The average Bonchev–Trinajstić information content (AvgIpc) is 2.62. The van der Waals surface area contributed by atoms with Crippen molar-refractivity contribution in [1.29, 1.82) is 0 Å². The molecule has 0 aliphatic carbocycles. The monoisotopic (exact) mass is 347 g/mol. The fourth-order valence-corrected chi connectivity index (χ4v) is 3.38. The van der Waals surface area contributed by atoms with E-state index in [1.165, 1.54) is 10.6 Å². The maximum atomic E-state index is 10.4. The number of rotatable bonds is 5. The van der Waals surface area contributed by atoms with E-state index < -0.39 is 6.10 Å². The lowest BCUT2D eigenvalue weighted by atomic mass is 10.1. The second-order valence-corrected chi connectivity index (χ2v) is 6.65. The molecule has 3 rings (SSSR count). The Balaban J connectivity index is 1.53. The van der Waals surface area contributed by atoms with Gasteiger partial charge in [0.25, 0.3) is 0 Å². The molecule has 1 aliphatic rings. The minimum atomic E-state index is -0.466. The van der Waals surface area contributed by atoms with Gasteiger partial charge in [0.05, 0.1) is 33.3 Å². The summed E-state index contributed by atoms with van der Waals surface area (Å²) in [5.74, 6) is 0.882. The maximum Gasteiger partial charge on any atom is 0.128 e. The first-order valence-electron chi connectivity index (χ1n) is 8.32. The zero-order chi connectivity index (χ0) is 16.9. The molecule has 24 heavy (non-hydrogen) atoms. The fraction of sp³-hybridized carbons (Fsp3) is 0.368. The highest BCUT2D eigenvalue weighted by Crippen LogP contribution is 2.19. The molecule has 128 valence electrons. The number of anilines is 1. The second-order valence-electron chi connectivity index (χ2n) is 6.21. The largest absolute Gasteiger partial charge is 0.497 e. The van der Waals surface area contributed by atoms with E-state index in [1.807, 2.05) is 36.4 Å². The van der Waals surface area contributed by atoms with Crippen molar-refractivity contribution < 1.29 is 14.7 Å². The molecule has 1 fully saturated rings. The van der Waals surface area contributed by atoms with Crippen LogP contribution in [0.5, 0.6) is 5.75 Å². The van der Waals surface area contributed by atoms with Gasteiger partial charge in [-0.25, -0.2) is 0 Å². The number of benzene rings is 2. The molecule has 4 nitrogen and oxygen atoms in total. The minimum Gasteiger partial charge on any atom is -0.497 e. The summed E-state index contributed by atoms with van der Waals surface area (Å²) in [5, 5.41) is 11.1. The number of quaternary nitrogens is 1. The molecule has 0 radical (unpaired) electrons. The van der Waals surface area contributed by atoms with Gasteiger partial charge in [0.15, 0.2) is 0 Å². The maximum absolute atomic E-state index is 10.4. The quantitative estimate of drug-likeness (QED) is 0.866. The van der Waals surface area contributed by atoms with E-state index in [-0.39, 0.29) is 0 Å². The predicted octanol–water partition coefficient (Wildman–Crippen LogP) is 1.79. The predicted molar refractivity (Wildman–Crippen MR) is 97.2 cm³/mol. The summed E-state index contributed by atoms with van der Waals surface area (Å²) in [7, 11) is 1.68. The van der Waals surface area contributed by atoms with Gasteiger partial charge in [0.1, 0.15) is 18.4 Å². The summed E-state index contributed by atoms with van der Waals surface area (Å²) in [6, 6.07) is 15.7. The van der Waals surface area contributed by atoms with Crippen LogP contribution in [0.2, 0.25) is 5.02 Å². The standard InChI is InChI=1S/C19H23ClN2O2/c1-24-18-7-5-17(6-8-18)22-11-9-21(10-12-22)14-19(23)15-3-2-4-16(20)13-15/h2-8,13,19,23H,9-12,14H2,1H3/p+1/t19-/m0/s1. The van der Waals surface area contributed by atoms with Crippen LogP contribution in [0.4, 0.5) is 5.69 Å². The molecule has 0 aromatic heterocycles. The van der Waals surface area contributed by atoms with Crippen molar-refractivity contribution in [2.75, 3.05) is 44.7 Å². The zero-order valence-electron chi connectivity index (χ0n) is 13.9. The summed E-state index contributed by atoms with van der Waals surface area (Å²) >= 11 is 6.01. The van der Waals surface area contributed by atoms with E-state index in [1.54, 1.807) is 7.11 Å². The van der Waals surface area contributed by atoms with Crippen molar-refractivity contribution >= 4 is 17.3 Å². The van der Waals surface area contributed by atoms with Crippen molar-refractivity contribution in [3.05, 3.63) is 59.1 Å². The molecular weight excluding hydrogens is 324 g/mol. The van der Waals surface area contributed by atoms with Gasteiger partial charge in [0.2, 0.25) is 0 Å².